The fourth-order valence-corrected chi connectivity index (χ4v) is 3.08. The van der Waals surface area contributed by atoms with E-state index in [1.807, 2.05) is 13.2 Å². The quantitative estimate of drug-likeness (QED) is 0.211. The minimum atomic E-state index is -0.461. The van der Waals surface area contributed by atoms with Gasteiger partial charge in [0, 0.05) is 6.42 Å². The average molecular weight is 324 g/mol. The van der Waals surface area contributed by atoms with E-state index in [1.54, 1.807) is 0 Å². The molecule has 0 aromatic heterocycles. The molecular weight excluding hydrogens is 284 g/mol. The van der Waals surface area contributed by atoms with Crippen molar-refractivity contribution >= 4 is 12.1 Å². The second-order valence-electron chi connectivity index (χ2n) is 6.88. The fourth-order valence-electron chi connectivity index (χ4n) is 3.08. The molecule has 0 heterocycles. The van der Waals surface area contributed by atoms with Crippen molar-refractivity contribution in [1.29, 1.82) is 0 Å². The van der Waals surface area contributed by atoms with E-state index in [1.165, 1.54) is 77.0 Å². The maximum absolute atomic E-state index is 11.4. The van der Waals surface area contributed by atoms with Crippen molar-refractivity contribution in [1.82, 2.24) is 0 Å². The predicted octanol–water partition coefficient (Wildman–Crippen LogP) is 6.56. The first-order valence-electron chi connectivity index (χ1n) is 10.2. The predicted molar refractivity (Wildman–Crippen MR) is 99.4 cm³/mol. The van der Waals surface area contributed by atoms with Gasteiger partial charge in [0.2, 0.25) is 6.29 Å². The molecule has 0 aromatic rings. The zero-order valence-corrected chi connectivity index (χ0v) is 15.7. The van der Waals surface area contributed by atoms with Gasteiger partial charge in [-0.3, -0.25) is 9.59 Å². The van der Waals surface area contributed by atoms with Crippen molar-refractivity contribution in [2.24, 2.45) is 5.92 Å². The monoisotopic (exact) mass is 323 g/mol. The van der Waals surface area contributed by atoms with Crippen LogP contribution in [0.5, 0.6) is 0 Å². The molecule has 0 aliphatic carbocycles. The van der Waals surface area contributed by atoms with Gasteiger partial charge < -0.3 is 0 Å². The molecule has 0 saturated carbocycles. The molecule has 1 radical (unpaired) electrons. The van der Waals surface area contributed by atoms with E-state index in [-0.39, 0.29) is 5.78 Å². The van der Waals surface area contributed by atoms with Crippen molar-refractivity contribution in [3.8, 4) is 0 Å². The number of unbranched alkanes of at least 4 members (excludes halogenated alkanes) is 13. The van der Waals surface area contributed by atoms with Crippen molar-refractivity contribution in [3.05, 3.63) is 0 Å². The molecule has 1 unspecified atom stereocenters. The van der Waals surface area contributed by atoms with Crippen LogP contribution in [0.25, 0.3) is 0 Å². The molecule has 1 atom stereocenters. The van der Waals surface area contributed by atoms with Crippen LogP contribution in [0.3, 0.4) is 0 Å². The molecule has 0 aliphatic heterocycles. The van der Waals surface area contributed by atoms with Crippen LogP contribution in [0.2, 0.25) is 0 Å². The van der Waals surface area contributed by atoms with Gasteiger partial charge in [0.25, 0.3) is 0 Å². The molecule has 2 nitrogen and oxygen atoms in total. The Kier molecular flexibility index (Phi) is 17.2. The van der Waals surface area contributed by atoms with Crippen LogP contribution in [0, 0.1) is 5.92 Å². The SMILES string of the molecule is CCCCCCCCCCCCCCCCC([C]=O)C(=O)CC. The molecule has 23 heavy (non-hydrogen) atoms. The van der Waals surface area contributed by atoms with Gasteiger partial charge in [-0.25, -0.2) is 0 Å². The number of hydrogen-bond donors (Lipinski definition) is 0. The first-order valence-corrected chi connectivity index (χ1v) is 10.2. The smallest absolute Gasteiger partial charge is 0.209 e. The summed E-state index contributed by atoms with van der Waals surface area (Å²) in [6.45, 7) is 4.08. The second-order valence-corrected chi connectivity index (χ2v) is 6.88. The molecule has 0 saturated heterocycles. The summed E-state index contributed by atoms with van der Waals surface area (Å²) in [6, 6.07) is 0. The maximum atomic E-state index is 11.4. The van der Waals surface area contributed by atoms with Gasteiger partial charge in [-0.2, -0.15) is 0 Å². The minimum Gasteiger partial charge on any atom is -0.299 e. The lowest BCUT2D eigenvalue weighted by Gasteiger charge is -2.07. The highest BCUT2D eigenvalue weighted by molar-refractivity contribution is 5.93. The van der Waals surface area contributed by atoms with Crippen molar-refractivity contribution < 1.29 is 9.59 Å². The Morgan fingerprint density at radius 1 is 0.696 bits per heavy atom. The largest absolute Gasteiger partial charge is 0.299 e. The van der Waals surface area contributed by atoms with Gasteiger partial charge in [0.15, 0.2) is 0 Å². The van der Waals surface area contributed by atoms with Gasteiger partial charge in [0.1, 0.15) is 5.78 Å². The molecule has 0 fully saturated rings. The minimum absolute atomic E-state index is 0.0506. The van der Waals surface area contributed by atoms with E-state index in [0.717, 1.165) is 12.8 Å². The number of ketones is 1. The summed E-state index contributed by atoms with van der Waals surface area (Å²) < 4.78 is 0. The Hall–Kier alpha value is -0.660. The van der Waals surface area contributed by atoms with Gasteiger partial charge >= 0.3 is 0 Å². The number of carbonyl (C=O) groups is 1. The summed E-state index contributed by atoms with van der Waals surface area (Å²) in [5, 5.41) is 0. The summed E-state index contributed by atoms with van der Waals surface area (Å²) in [5.41, 5.74) is 0. The van der Waals surface area contributed by atoms with Crippen molar-refractivity contribution in [3.63, 3.8) is 0 Å². The molecule has 0 amide bonds. The lowest BCUT2D eigenvalue weighted by Crippen LogP contribution is -2.14. The molecule has 0 spiro atoms. The van der Waals surface area contributed by atoms with Crippen LogP contribution < -0.4 is 0 Å². The lowest BCUT2D eigenvalue weighted by atomic mass is 9.96. The van der Waals surface area contributed by atoms with E-state index in [9.17, 15) is 9.59 Å². The second kappa shape index (κ2) is 17.7. The standard InChI is InChI=1S/C21H39O2/c1-3-5-6-7-8-9-10-11-12-13-14-15-16-17-18-20(19-22)21(23)4-2/h20H,3-18H2,1-2H3. The third kappa shape index (κ3) is 14.7. The zero-order valence-electron chi connectivity index (χ0n) is 15.7. The zero-order chi connectivity index (χ0) is 17.2. The van der Waals surface area contributed by atoms with E-state index >= 15 is 0 Å². The number of Topliss-reactive ketones (excluding diaryl/α,β-unsaturated/α-hetero) is 1. The highest BCUT2D eigenvalue weighted by Gasteiger charge is 2.15. The van der Waals surface area contributed by atoms with Crippen LogP contribution in [-0.2, 0) is 9.59 Å². The molecule has 0 N–H and O–H groups in total. The molecule has 0 rings (SSSR count). The summed E-state index contributed by atoms with van der Waals surface area (Å²) in [7, 11) is 0. The number of hydrogen-bond acceptors (Lipinski definition) is 2. The van der Waals surface area contributed by atoms with Crippen LogP contribution >= 0.6 is 0 Å². The first-order chi connectivity index (χ1) is 11.3. The van der Waals surface area contributed by atoms with Gasteiger partial charge in [-0.1, -0.05) is 104 Å². The summed E-state index contributed by atoms with van der Waals surface area (Å²) in [5.74, 6) is -0.410. The van der Waals surface area contributed by atoms with Crippen LogP contribution in [-0.4, -0.2) is 12.1 Å². The third-order valence-corrected chi connectivity index (χ3v) is 4.73. The van der Waals surface area contributed by atoms with Crippen LogP contribution in [0.4, 0.5) is 0 Å². The van der Waals surface area contributed by atoms with Crippen LogP contribution in [0.15, 0.2) is 0 Å². The summed E-state index contributed by atoms with van der Waals surface area (Å²) in [4.78, 5) is 22.2. The Balaban J connectivity index is 3.21. The molecule has 0 aliphatic rings. The van der Waals surface area contributed by atoms with E-state index < -0.39 is 5.92 Å². The molecule has 0 aromatic carbocycles. The fraction of sp³-hybridized carbons (Fsp3) is 0.905. The Morgan fingerprint density at radius 2 is 1.09 bits per heavy atom. The number of rotatable bonds is 18. The van der Waals surface area contributed by atoms with Gasteiger partial charge in [-0.15, -0.1) is 0 Å². The van der Waals surface area contributed by atoms with Gasteiger partial charge in [-0.05, 0) is 6.42 Å². The highest BCUT2D eigenvalue weighted by Crippen LogP contribution is 2.15. The number of carbonyl (C=O) groups excluding carboxylic acids is 2. The normalized spacial score (nSPS) is 12.3. The van der Waals surface area contributed by atoms with E-state index in [4.69, 9.17) is 0 Å². The Morgan fingerprint density at radius 3 is 1.43 bits per heavy atom. The summed E-state index contributed by atoms with van der Waals surface area (Å²) in [6.07, 6.45) is 21.7. The first kappa shape index (κ1) is 22.3. The molecular formula is C21H39O2. The lowest BCUT2D eigenvalue weighted by molar-refractivity contribution is -0.120. The molecule has 135 valence electrons. The topological polar surface area (TPSA) is 34.1 Å². The van der Waals surface area contributed by atoms with Crippen molar-refractivity contribution in [2.45, 2.75) is 117 Å². The van der Waals surface area contributed by atoms with Crippen molar-refractivity contribution in [2.75, 3.05) is 0 Å². The Bertz CT molecular complexity index is 273. The van der Waals surface area contributed by atoms with Crippen LogP contribution in [0.1, 0.15) is 117 Å². The van der Waals surface area contributed by atoms with E-state index in [2.05, 4.69) is 6.92 Å². The highest BCUT2D eigenvalue weighted by atomic mass is 16.1. The molecule has 2 heteroatoms. The van der Waals surface area contributed by atoms with E-state index in [0.29, 0.717) is 12.8 Å². The average Bonchev–Trinajstić information content (AvgIpc) is 2.58. The summed E-state index contributed by atoms with van der Waals surface area (Å²) >= 11 is 0. The Labute approximate surface area is 144 Å². The molecule has 0 bridgehead atoms. The van der Waals surface area contributed by atoms with Gasteiger partial charge in [0.05, 0.1) is 5.92 Å². The third-order valence-electron chi connectivity index (χ3n) is 4.73. The maximum Gasteiger partial charge on any atom is 0.209 e.